The average molecular weight is 347 g/mol. The molecule has 0 fully saturated rings. The van der Waals surface area contributed by atoms with Gasteiger partial charge < -0.3 is 15.2 Å². The van der Waals surface area contributed by atoms with Gasteiger partial charge in [-0.1, -0.05) is 19.0 Å². The van der Waals surface area contributed by atoms with Gasteiger partial charge in [0.25, 0.3) is 5.56 Å². The summed E-state index contributed by atoms with van der Waals surface area (Å²) >= 11 is 0. The molecule has 0 saturated heterocycles. The van der Waals surface area contributed by atoms with E-state index in [9.17, 15) is 9.59 Å². The largest absolute Gasteiger partial charge is 0.361 e. The number of hydrogen-bond acceptors (Lipinski definition) is 5. The molecule has 2 heterocycles. The van der Waals surface area contributed by atoms with Crippen LogP contribution < -0.4 is 16.2 Å². The fourth-order valence-electron chi connectivity index (χ4n) is 3.06. The third-order valence-corrected chi connectivity index (χ3v) is 4.26. The number of H-pyrrole nitrogens is 1. The Morgan fingerprint density at radius 1 is 1.24 bits per heavy atom. The van der Waals surface area contributed by atoms with Crippen LogP contribution in [0.15, 0.2) is 9.32 Å². The Hall–Kier alpha value is -2.64. The van der Waals surface area contributed by atoms with Crippen molar-refractivity contribution in [2.24, 2.45) is 0 Å². The van der Waals surface area contributed by atoms with Crippen molar-refractivity contribution in [2.45, 2.75) is 60.0 Å². The van der Waals surface area contributed by atoms with E-state index < -0.39 is 0 Å². The second-order valence-electron chi connectivity index (χ2n) is 5.95. The molecule has 2 rings (SSSR count). The van der Waals surface area contributed by atoms with Crippen LogP contribution in [0.5, 0.6) is 0 Å². The molecule has 3 N–H and O–H groups in total. The van der Waals surface area contributed by atoms with Gasteiger partial charge in [-0.3, -0.25) is 4.79 Å². The minimum Gasteiger partial charge on any atom is -0.361 e. The highest BCUT2D eigenvalue weighted by atomic mass is 16.5. The van der Waals surface area contributed by atoms with Crippen LogP contribution in [0.1, 0.15) is 60.7 Å². The number of urea groups is 1. The molecule has 0 aromatic carbocycles. The summed E-state index contributed by atoms with van der Waals surface area (Å²) in [5, 5.41) is 16.1. The van der Waals surface area contributed by atoms with E-state index in [-0.39, 0.29) is 24.2 Å². The topological polar surface area (TPSA) is 113 Å². The van der Waals surface area contributed by atoms with Gasteiger partial charge in [0.15, 0.2) is 0 Å². The Bertz CT molecular complexity index is 790. The van der Waals surface area contributed by atoms with Crippen molar-refractivity contribution in [3.05, 3.63) is 44.2 Å². The predicted molar refractivity (Wildman–Crippen MR) is 93.4 cm³/mol. The van der Waals surface area contributed by atoms with Crippen molar-refractivity contribution in [2.75, 3.05) is 0 Å². The quantitative estimate of drug-likeness (QED) is 0.740. The number of rotatable bonds is 6. The fourth-order valence-corrected chi connectivity index (χ4v) is 3.06. The maximum Gasteiger partial charge on any atom is 0.315 e. The molecule has 8 nitrogen and oxygen atoms in total. The summed E-state index contributed by atoms with van der Waals surface area (Å²) in [7, 11) is 0. The normalized spacial score (nSPS) is 12.0. The molecule has 8 heteroatoms. The number of aromatic nitrogens is 3. The molecule has 2 aromatic rings. The first kappa shape index (κ1) is 18.7. The number of amides is 2. The maximum atomic E-state index is 12.2. The van der Waals surface area contributed by atoms with Crippen molar-refractivity contribution in [3.63, 3.8) is 0 Å². The van der Waals surface area contributed by atoms with Gasteiger partial charge in [-0.25, -0.2) is 9.89 Å². The minimum atomic E-state index is -0.358. The highest BCUT2D eigenvalue weighted by molar-refractivity contribution is 5.74. The molecule has 0 aliphatic rings. The summed E-state index contributed by atoms with van der Waals surface area (Å²) in [5.74, 6) is 0.678. The highest BCUT2D eigenvalue weighted by Gasteiger charge is 2.19. The van der Waals surface area contributed by atoms with E-state index in [1.54, 1.807) is 0 Å². The summed E-state index contributed by atoms with van der Waals surface area (Å²) in [4.78, 5) is 24.3. The molecule has 0 unspecified atom stereocenters. The molecule has 0 aliphatic heterocycles. The van der Waals surface area contributed by atoms with Crippen molar-refractivity contribution >= 4 is 6.03 Å². The Kier molecular flexibility index (Phi) is 5.95. The summed E-state index contributed by atoms with van der Waals surface area (Å²) in [6, 6.07) is -0.609. The van der Waals surface area contributed by atoms with E-state index in [4.69, 9.17) is 4.52 Å². The SMILES string of the molecule is CCc1n[nH]c(=O)c(CNC(=O)N[C@H](C)c2c(C)noc2C)c1CC. The first-order valence-corrected chi connectivity index (χ1v) is 8.45. The molecular weight excluding hydrogens is 322 g/mol. The van der Waals surface area contributed by atoms with E-state index in [0.717, 1.165) is 28.9 Å². The van der Waals surface area contributed by atoms with Gasteiger partial charge in [-0.2, -0.15) is 5.10 Å². The Morgan fingerprint density at radius 3 is 2.52 bits per heavy atom. The van der Waals surface area contributed by atoms with Crippen LogP contribution in [0.4, 0.5) is 4.79 Å². The van der Waals surface area contributed by atoms with Crippen LogP contribution in [0.25, 0.3) is 0 Å². The summed E-state index contributed by atoms with van der Waals surface area (Å²) < 4.78 is 5.12. The van der Waals surface area contributed by atoms with Crippen LogP contribution in [-0.2, 0) is 19.4 Å². The third kappa shape index (κ3) is 4.07. The molecular formula is C17H25N5O3. The molecule has 2 amide bonds. The van der Waals surface area contributed by atoms with Crippen LogP contribution in [0.3, 0.4) is 0 Å². The number of aryl methyl sites for hydroxylation is 3. The van der Waals surface area contributed by atoms with Crippen molar-refractivity contribution < 1.29 is 9.32 Å². The smallest absolute Gasteiger partial charge is 0.315 e. The number of carbonyl (C=O) groups excluding carboxylic acids is 1. The first-order chi connectivity index (χ1) is 11.9. The second kappa shape index (κ2) is 7.96. The van der Waals surface area contributed by atoms with E-state index in [1.165, 1.54) is 0 Å². The second-order valence-corrected chi connectivity index (χ2v) is 5.95. The lowest BCUT2D eigenvalue weighted by molar-refractivity contribution is 0.237. The number of nitrogens with zero attached hydrogens (tertiary/aromatic N) is 2. The summed E-state index contributed by atoms with van der Waals surface area (Å²) in [6.07, 6.45) is 1.41. The number of carbonyl (C=O) groups is 1. The van der Waals surface area contributed by atoms with E-state index in [1.807, 2.05) is 34.6 Å². The van der Waals surface area contributed by atoms with Crippen LogP contribution in [-0.4, -0.2) is 21.4 Å². The van der Waals surface area contributed by atoms with Crippen molar-refractivity contribution in [1.82, 2.24) is 26.0 Å². The van der Waals surface area contributed by atoms with Gasteiger partial charge in [0.1, 0.15) is 5.76 Å². The van der Waals surface area contributed by atoms with Gasteiger partial charge in [-0.15, -0.1) is 0 Å². The van der Waals surface area contributed by atoms with E-state index in [0.29, 0.717) is 17.7 Å². The zero-order valence-corrected chi connectivity index (χ0v) is 15.3. The molecule has 136 valence electrons. The molecule has 0 radical (unpaired) electrons. The third-order valence-electron chi connectivity index (χ3n) is 4.26. The van der Waals surface area contributed by atoms with Gasteiger partial charge in [0, 0.05) is 11.1 Å². The van der Waals surface area contributed by atoms with Gasteiger partial charge in [0.05, 0.1) is 24.0 Å². The Morgan fingerprint density at radius 2 is 1.96 bits per heavy atom. The molecule has 0 saturated carbocycles. The molecule has 0 aliphatic carbocycles. The summed E-state index contributed by atoms with van der Waals surface area (Å²) in [6.45, 7) is 9.60. The van der Waals surface area contributed by atoms with Gasteiger partial charge in [0.2, 0.25) is 0 Å². The zero-order chi connectivity index (χ0) is 18.6. The Balaban J connectivity index is 2.07. The van der Waals surface area contributed by atoms with Crippen LogP contribution in [0.2, 0.25) is 0 Å². The maximum absolute atomic E-state index is 12.2. The van der Waals surface area contributed by atoms with Crippen LogP contribution >= 0.6 is 0 Å². The highest BCUT2D eigenvalue weighted by Crippen LogP contribution is 2.20. The monoisotopic (exact) mass is 347 g/mol. The van der Waals surface area contributed by atoms with Crippen molar-refractivity contribution in [3.8, 4) is 0 Å². The first-order valence-electron chi connectivity index (χ1n) is 8.45. The standard InChI is InChI=1S/C17H25N5O3/c1-6-12-13(16(23)21-20-14(12)7-2)8-18-17(24)19-9(3)15-10(4)22-25-11(15)5/h9H,6-8H2,1-5H3,(H,21,23)(H2,18,19,24)/t9-/m1/s1. The molecule has 1 atom stereocenters. The fraction of sp³-hybridized carbons (Fsp3) is 0.529. The average Bonchev–Trinajstić information content (AvgIpc) is 2.91. The predicted octanol–water partition coefficient (Wildman–Crippen LogP) is 2.06. The Labute approximate surface area is 146 Å². The zero-order valence-electron chi connectivity index (χ0n) is 15.3. The molecule has 25 heavy (non-hydrogen) atoms. The van der Waals surface area contributed by atoms with E-state index in [2.05, 4.69) is 26.0 Å². The minimum absolute atomic E-state index is 0.147. The van der Waals surface area contributed by atoms with Crippen molar-refractivity contribution in [1.29, 1.82) is 0 Å². The number of aromatic amines is 1. The summed E-state index contributed by atoms with van der Waals surface area (Å²) in [5.41, 5.74) is 3.63. The lowest BCUT2D eigenvalue weighted by Crippen LogP contribution is -2.38. The van der Waals surface area contributed by atoms with Crippen LogP contribution in [0, 0.1) is 13.8 Å². The number of hydrogen-bond donors (Lipinski definition) is 3. The van der Waals surface area contributed by atoms with Gasteiger partial charge in [-0.05, 0) is 39.2 Å². The lowest BCUT2D eigenvalue weighted by Gasteiger charge is -2.15. The van der Waals surface area contributed by atoms with Gasteiger partial charge >= 0.3 is 6.03 Å². The molecule has 2 aromatic heterocycles. The molecule has 0 bridgehead atoms. The lowest BCUT2D eigenvalue weighted by atomic mass is 10.0. The molecule has 0 spiro atoms. The van der Waals surface area contributed by atoms with E-state index >= 15 is 0 Å². The number of nitrogens with one attached hydrogen (secondary N) is 3.